The highest BCUT2D eigenvalue weighted by Gasteiger charge is 2.33. The van der Waals surface area contributed by atoms with E-state index in [1.807, 2.05) is 24.3 Å². The van der Waals surface area contributed by atoms with Crippen LogP contribution in [0.3, 0.4) is 0 Å². The third-order valence-corrected chi connectivity index (χ3v) is 4.81. The van der Waals surface area contributed by atoms with Crippen LogP contribution in [0.5, 0.6) is 5.75 Å². The summed E-state index contributed by atoms with van der Waals surface area (Å²) in [6.45, 7) is 0.222. The summed E-state index contributed by atoms with van der Waals surface area (Å²) in [5.74, 6) is -0.0929. The molecule has 1 aliphatic rings. The lowest BCUT2D eigenvalue weighted by atomic mass is 9.96. The number of amides is 2. The van der Waals surface area contributed by atoms with Crippen molar-refractivity contribution in [3.63, 3.8) is 0 Å². The molecule has 0 bridgehead atoms. The van der Waals surface area contributed by atoms with Crippen LogP contribution in [0.15, 0.2) is 53.1 Å². The summed E-state index contributed by atoms with van der Waals surface area (Å²) < 4.78 is 6.25. The molecule has 0 radical (unpaired) electrons. The number of hydrogen-bond acceptors (Lipinski definition) is 4. The van der Waals surface area contributed by atoms with Gasteiger partial charge in [-0.25, -0.2) is 0 Å². The van der Waals surface area contributed by atoms with Crippen LogP contribution in [0.4, 0.5) is 0 Å². The van der Waals surface area contributed by atoms with Gasteiger partial charge in [-0.05, 0) is 35.9 Å². The molecule has 0 saturated carbocycles. The zero-order valence-corrected chi connectivity index (χ0v) is 14.9. The second kappa shape index (κ2) is 5.97. The molecule has 4 rings (SSSR count). The fraction of sp³-hybridized carbons (Fsp3) is 0.105. The molecule has 2 aromatic carbocycles. The van der Waals surface area contributed by atoms with Gasteiger partial charge in [-0.3, -0.25) is 19.5 Å². The molecule has 0 saturated heterocycles. The van der Waals surface area contributed by atoms with Gasteiger partial charge >= 0.3 is 0 Å². The average Bonchev–Trinajstić information content (AvgIpc) is 2.64. The maximum Gasteiger partial charge on any atom is 0.261 e. The van der Waals surface area contributed by atoms with Crippen molar-refractivity contribution in [1.82, 2.24) is 9.88 Å². The smallest absolute Gasteiger partial charge is 0.261 e. The van der Waals surface area contributed by atoms with E-state index in [1.54, 1.807) is 24.4 Å². The Bertz CT molecular complexity index is 993. The number of carbonyl (C=O) groups is 2. The topological polar surface area (TPSA) is 59.5 Å². The first-order valence-electron chi connectivity index (χ1n) is 7.66. The lowest BCUT2D eigenvalue weighted by Crippen LogP contribution is -2.39. The molecule has 124 valence electrons. The summed E-state index contributed by atoms with van der Waals surface area (Å²) >= 11 is 3.38. The van der Waals surface area contributed by atoms with E-state index in [-0.39, 0.29) is 18.4 Å². The number of aromatic nitrogens is 1. The van der Waals surface area contributed by atoms with Gasteiger partial charge in [0.15, 0.2) is 0 Å². The van der Waals surface area contributed by atoms with Gasteiger partial charge in [0.2, 0.25) is 0 Å². The number of hydrogen-bond donors (Lipinski definition) is 0. The van der Waals surface area contributed by atoms with Crippen LogP contribution in [0, 0.1) is 0 Å². The Morgan fingerprint density at radius 2 is 1.68 bits per heavy atom. The van der Waals surface area contributed by atoms with Gasteiger partial charge in [0.25, 0.3) is 11.8 Å². The number of methoxy groups -OCH3 is 1. The molecular weight excluding hydrogens is 384 g/mol. The minimum absolute atomic E-state index is 0.222. The van der Waals surface area contributed by atoms with E-state index in [0.29, 0.717) is 27.8 Å². The minimum atomic E-state index is -0.318. The summed E-state index contributed by atoms with van der Waals surface area (Å²) in [6.07, 6.45) is 1.56. The van der Waals surface area contributed by atoms with Crippen LogP contribution in [0.1, 0.15) is 26.3 Å². The predicted molar refractivity (Wildman–Crippen MR) is 96.6 cm³/mol. The zero-order valence-electron chi connectivity index (χ0n) is 13.3. The van der Waals surface area contributed by atoms with E-state index >= 15 is 0 Å². The van der Waals surface area contributed by atoms with Crippen molar-refractivity contribution in [3.05, 3.63) is 69.8 Å². The molecule has 0 aliphatic carbocycles. The van der Waals surface area contributed by atoms with Crippen molar-refractivity contribution in [2.45, 2.75) is 6.54 Å². The molecule has 0 fully saturated rings. The van der Waals surface area contributed by atoms with E-state index in [4.69, 9.17) is 4.74 Å². The molecule has 5 nitrogen and oxygen atoms in total. The second-order valence-corrected chi connectivity index (χ2v) is 6.64. The van der Waals surface area contributed by atoms with Gasteiger partial charge in [-0.1, -0.05) is 28.1 Å². The number of carbonyl (C=O) groups excluding carboxylic acids is 2. The summed E-state index contributed by atoms with van der Waals surface area (Å²) in [6, 6.07) is 12.6. The Hall–Kier alpha value is -2.73. The number of pyridine rings is 1. The molecule has 1 aromatic heterocycles. The molecule has 0 unspecified atom stereocenters. The standard InChI is InChI=1S/C19H13BrN2O3/c1-25-15-7-6-13-16-14(8-9-21-17(15)16)19(24)22(18(13)23)10-11-2-4-12(20)5-3-11/h2-9H,10H2,1H3. The van der Waals surface area contributed by atoms with E-state index < -0.39 is 0 Å². The third-order valence-electron chi connectivity index (χ3n) is 4.28. The fourth-order valence-electron chi connectivity index (χ4n) is 3.06. The lowest BCUT2D eigenvalue weighted by Gasteiger charge is -2.27. The SMILES string of the molecule is COc1ccc2c3c(ccnc13)C(=O)N(Cc1ccc(Br)cc1)C2=O. The van der Waals surface area contributed by atoms with Crippen molar-refractivity contribution >= 4 is 38.6 Å². The maximum atomic E-state index is 12.9. The van der Waals surface area contributed by atoms with Gasteiger partial charge in [0, 0.05) is 16.1 Å². The highest BCUT2D eigenvalue weighted by Crippen LogP contribution is 2.34. The second-order valence-electron chi connectivity index (χ2n) is 5.72. The van der Waals surface area contributed by atoms with E-state index in [1.165, 1.54) is 12.0 Å². The van der Waals surface area contributed by atoms with Crippen molar-refractivity contribution in [2.24, 2.45) is 0 Å². The number of halogens is 1. The van der Waals surface area contributed by atoms with Crippen LogP contribution in [0.25, 0.3) is 10.9 Å². The molecule has 2 amide bonds. The number of nitrogens with zero attached hydrogens (tertiary/aromatic N) is 2. The molecule has 6 heteroatoms. The van der Waals surface area contributed by atoms with E-state index in [2.05, 4.69) is 20.9 Å². The van der Waals surface area contributed by atoms with Gasteiger partial charge in [0.1, 0.15) is 11.3 Å². The van der Waals surface area contributed by atoms with Crippen molar-refractivity contribution in [2.75, 3.05) is 7.11 Å². The van der Waals surface area contributed by atoms with Crippen LogP contribution in [-0.2, 0) is 6.54 Å². The summed E-state index contributed by atoms with van der Waals surface area (Å²) in [5, 5.41) is 0.559. The molecule has 0 N–H and O–H groups in total. The summed E-state index contributed by atoms with van der Waals surface area (Å²) in [4.78, 5) is 31.4. The monoisotopic (exact) mass is 396 g/mol. The molecule has 25 heavy (non-hydrogen) atoms. The third kappa shape index (κ3) is 2.49. The maximum absolute atomic E-state index is 12.9. The van der Waals surface area contributed by atoms with Crippen LogP contribution in [0.2, 0.25) is 0 Å². The predicted octanol–water partition coefficient (Wildman–Crippen LogP) is 3.80. The van der Waals surface area contributed by atoms with Gasteiger partial charge < -0.3 is 4.74 Å². The van der Waals surface area contributed by atoms with E-state index in [0.717, 1.165) is 10.0 Å². The first-order valence-corrected chi connectivity index (χ1v) is 8.46. The highest BCUT2D eigenvalue weighted by atomic mass is 79.9. The van der Waals surface area contributed by atoms with Crippen LogP contribution < -0.4 is 4.74 Å². The van der Waals surface area contributed by atoms with E-state index in [9.17, 15) is 9.59 Å². The molecule has 0 atom stereocenters. The first kappa shape index (κ1) is 15.8. The number of ether oxygens (including phenoxy) is 1. The Morgan fingerprint density at radius 3 is 2.36 bits per heavy atom. The first-order chi connectivity index (χ1) is 12.1. The number of rotatable bonds is 3. The summed E-state index contributed by atoms with van der Waals surface area (Å²) in [5.41, 5.74) is 2.35. The molecule has 0 spiro atoms. The van der Waals surface area contributed by atoms with Crippen molar-refractivity contribution in [3.8, 4) is 5.75 Å². The number of imide groups is 1. The molecule has 3 aromatic rings. The molecule has 2 heterocycles. The highest BCUT2D eigenvalue weighted by molar-refractivity contribution is 9.10. The quantitative estimate of drug-likeness (QED) is 0.631. The van der Waals surface area contributed by atoms with Crippen LogP contribution >= 0.6 is 15.9 Å². The fourth-order valence-corrected chi connectivity index (χ4v) is 3.33. The average molecular weight is 397 g/mol. The Balaban J connectivity index is 1.83. The summed E-state index contributed by atoms with van der Waals surface area (Å²) in [7, 11) is 1.54. The minimum Gasteiger partial charge on any atom is -0.494 e. The van der Waals surface area contributed by atoms with Gasteiger partial charge in [0.05, 0.1) is 24.8 Å². The number of benzene rings is 2. The van der Waals surface area contributed by atoms with Crippen LogP contribution in [-0.4, -0.2) is 28.8 Å². The molecule has 1 aliphatic heterocycles. The Morgan fingerprint density at radius 1 is 1.00 bits per heavy atom. The van der Waals surface area contributed by atoms with Crippen molar-refractivity contribution < 1.29 is 14.3 Å². The lowest BCUT2D eigenvalue weighted by molar-refractivity contribution is 0.0598. The Kier molecular flexibility index (Phi) is 3.77. The van der Waals surface area contributed by atoms with Gasteiger partial charge in [-0.2, -0.15) is 0 Å². The normalized spacial score (nSPS) is 13.4. The zero-order chi connectivity index (χ0) is 17.6. The van der Waals surface area contributed by atoms with Gasteiger partial charge in [-0.15, -0.1) is 0 Å². The molecular formula is C19H13BrN2O3. The Labute approximate surface area is 152 Å². The van der Waals surface area contributed by atoms with Crippen molar-refractivity contribution in [1.29, 1.82) is 0 Å². The largest absolute Gasteiger partial charge is 0.494 e.